The van der Waals surface area contributed by atoms with Crippen molar-refractivity contribution in [2.75, 3.05) is 18.2 Å². The summed E-state index contributed by atoms with van der Waals surface area (Å²) in [5, 5.41) is 12.0. The van der Waals surface area contributed by atoms with E-state index >= 15 is 0 Å². The lowest BCUT2D eigenvalue weighted by Gasteiger charge is -2.28. The van der Waals surface area contributed by atoms with E-state index in [2.05, 4.69) is 12.2 Å². The summed E-state index contributed by atoms with van der Waals surface area (Å²) < 4.78 is 0. The number of carboxylic acids is 1. The first-order valence-electron chi connectivity index (χ1n) is 6.93. The summed E-state index contributed by atoms with van der Waals surface area (Å²) in [5.41, 5.74) is 0. The van der Waals surface area contributed by atoms with Gasteiger partial charge in [-0.15, -0.1) is 11.8 Å². The number of carboxylic acid groups (broad SMARTS) is 1. The van der Waals surface area contributed by atoms with Crippen LogP contribution in [0.1, 0.15) is 32.6 Å². The van der Waals surface area contributed by atoms with Crippen LogP contribution in [0.5, 0.6) is 0 Å². The zero-order valence-electron chi connectivity index (χ0n) is 11.3. The average molecular weight is 286 g/mol. The van der Waals surface area contributed by atoms with E-state index in [1.54, 1.807) is 0 Å². The first kappa shape index (κ1) is 14.5. The largest absolute Gasteiger partial charge is 0.480 e. The molecule has 2 unspecified atom stereocenters. The molecule has 0 aromatic heterocycles. The van der Waals surface area contributed by atoms with Gasteiger partial charge in [0, 0.05) is 12.3 Å². The Kier molecular flexibility index (Phi) is 4.96. The molecule has 2 N–H and O–H groups in total. The predicted octanol–water partition coefficient (Wildman–Crippen LogP) is 1.98. The van der Waals surface area contributed by atoms with Crippen molar-refractivity contribution in [1.82, 2.24) is 10.2 Å². The van der Waals surface area contributed by atoms with Gasteiger partial charge in [-0.1, -0.05) is 19.8 Å². The van der Waals surface area contributed by atoms with Gasteiger partial charge in [-0.3, -0.25) is 0 Å². The maximum Gasteiger partial charge on any atom is 0.327 e. The number of hydrogen-bond donors (Lipinski definition) is 2. The van der Waals surface area contributed by atoms with Gasteiger partial charge in [-0.25, -0.2) is 9.59 Å². The first-order chi connectivity index (χ1) is 9.08. The van der Waals surface area contributed by atoms with Crippen LogP contribution < -0.4 is 5.32 Å². The number of carbonyl (C=O) groups is 2. The van der Waals surface area contributed by atoms with Crippen LogP contribution >= 0.6 is 11.8 Å². The molecule has 0 aromatic rings. The Morgan fingerprint density at radius 3 is 2.89 bits per heavy atom. The fourth-order valence-corrected chi connectivity index (χ4v) is 4.07. The van der Waals surface area contributed by atoms with Gasteiger partial charge >= 0.3 is 12.0 Å². The van der Waals surface area contributed by atoms with Crippen LogP contribution in [0.2, 0.25) is 0 Å². The number of urea groups is 1. The molecule has 1 aliphatic carbocycles. The zero-order valence-corrected chi connectivity index (χ0v) is 12.1. The van der Waals surface area contributed by atoms with Crippen molar-refractivity contribution in [2.45, 2.75) is 38.6 Å². The quantitative estimate of drug-likeness (QED) is 0.832. The van der Waals surface area contributed by atoms with E-state index < -0.39 is 12.0 Å². The number of rotatable bonds is 3. The highest BCUT2D eigenvalue weighted by Crippen LogP contribution is 2.28. The highest BCUT2D eigenvalue weighted by Gasteiger charge is 2.34. The van der Waals surface area contributed by atoms with E-state index in [0.29, 0.717) is 24.1 Å². The molecule has 2 aliphatic rings. The molecular formula is C13H22N2O3S. The highest BCUT2D eigenvalue weighted by atomic mass is 32.2. The molecule has 0 spiro atoms. The third kappa shape index (κ3) is 3.78. The molecule has 2 amide bonds. The lowest BCUT2D eigenvalue weighted by Crippen LogP contribution is -2.48. The summed E-state index contributed by atoms with van der Waals surface area (Å²) in [5.74, 6) is 1.34. The molecule has 1 saturated heterocycles. The Balaban J connectivity index is 1.79. The van der Waals surface area contributed by atoms with Gasteiger partial charge in [-0.05, 0) is 24.7 Å². The molecule has 0 aromatic carbocycles. The normalized spacial score (nSPS) is 31.2. The zero-order chi connectivity index (χ0) is 13.8. The molecule has 6 heteroatoms. The van der Waals surface area contributed by atoms with Crippen LogP contribution in [-0.4, -0.2) is 46.2 Å². The number of amides is 2. The van der Waals surface area contributed by atoms with E-state index in [0.717, 1.165) is 12.3 Å². The van der Waals surface area contributed by atoms with E-state index in [1.165, 1.54) is 35.9 Å². The summed E-state index contributed by atoms with van der Waals surface area (Å²) in [6, 6.07) is -0.897. The van der Waals surface area contributed by atoms with E-state index in [4.69, 9.17) is 5.11 Å². The monoisotopic (exact) mass is 286 g/mol. The van der Waals surface area contributed by atoms with Crippen molar-refractivity contribution < 1.29 is 14.7 Å². The van der Waals surface area contributed by atoms with Crippen LogP contribution in [0, 0.1) is 11.8 Å². The van der Waals surface area contributed by atoms with Crippen molar-refractivity contribution in [3.63, 3.8) is 0 Å². The molecule has 5 nitrogen and oxygen atoms in total. The fraction of sp³-hybridized carbons (Fsp3) is 0.846. The lowest BCUT2D eigenvalue weighted by atomic mass is 9.82. The molecule has 1 saturated carbocycles. The Morgan fingerprint density at radius 1 is 1.42 bits per heavy atom. The number of carbonyl (C=O) groups excluding carboxylic acids is 1. The minimum atomic E-state index is -0.911. The van der Waals surface area contributed by atoms with Crippen LogP contribution in [0.25, 0.3) is 0 Å². The minimum absolute atomic E-state index is 0.226. The van der Waals surface area contributed by atoms with Gasteiger partial charge in [0.2, 0.25) is 0 Å². The van der Waals surface area contributed by atoms with Crippen LogP contribution in [0.4, 0.5) is 4.79 Å². The second-order valence-corrected chi connectivity index (χ2v) is 6.65. The molecule has 3 atom stereocenters. The van der Waals surface area contributed by atoms with Gasteiger partial charge < -0.3 is 15.3 Å². The summed E-state index contributed by atoms with van der Waals surface area (Å²) in [4.78, 5) is 24.5. The maximum absolute atomic E-state index is 12.0. The van der Waals surface area contributed by atoms with Crippen LogP contribution in [-0.2, 0) is 4.79 Å². The molecule has 0 radical (unpaired) electrons. The summed E-state index contributed by atoms with van der Waals surface area (Å²) in [7, 11) is 0. The van der Waals surface area contributed by atoms with Gasteiger partial charge in [0.05, 0.1) is 5.88 Å². The fourth-order valence-electron chi connectivity index (χ4n) is 2.93. The number of nitrogens with zero attached hydrogens (tertiary/aromatic N) is 1. The lowest BCUT2D eigenvalue weighted by molar-refractivity contribution is -0.140. The summed E-state index contributed by atoms with van der Waals surface area (Å²) in [6.45, 7) is 2.93. The van der Waals surface area contributed by atoms with Crippen molar-refractivity contribution in [3.05, 3.63) is 0 Å². The van der Waals surface area contributed by atoms with Gasteiger partial charge in [0.25, 0.3) is 0 Å². The Bertz CT molecular complexity index is 351. The molecule has 2 rings (SSSR count). The van der Waals surface area contributed by atoms with Crippen molar-refractivity contribution in [3.8, 4) is 0 Å². The van der Waals surface area contributed by atoms with Crippen molar-refractivity contribution in [1.29, 1.82) is 0 Å². The SMILES string of the molecule is CC1CCCC(CNC(=O)N2CSC[C@H]2C(=O)O)C1. The highest BCUT2D eigenvalue weighted by molar-refractivity contribution is 7.99. The topological polar surface area (TPSA) is 69.6 Å². The van der Waals surface area contributed by atoms with Crippen molar-refractivity contribution in [2.24, 2.45) is 11.8 Å². The summed E-state index contributed by atoms with van der Waals surface area (Å²) in [6.07, 6.45) is 4.85. The Hall–Kier alpha value is -0.910. The Morgan fingerprint density at radius 2 is 2.21 bits per heavy atom. The van der Waals surface area contributed by atoms with E-state index in [1.807, 2.05) is 0 Å². The number of nitrogens with one attached hydrogen (secondary N) is 1. The van der Waals surface area contributed by atoms with Crippen LogP contribution in [0.15, 0.2) is 0 Å². The smallest absolute Gasteiger partial charge is 0.327 e. The molecule has 2 fully saturated rings. The van der Waals surface area contributed by atoms with E-state index in [9.17, 15) is 9.59 Å². The summed E-state index contributed by atoms with van der Waals surface area (Å²) >= 11 is 1.49. The number of hydrogen-bond acceptors (Lipinski definition) is 3. The molecular weight excluding hydrogens is 264 g/mol. The van der Waals surface area contributed by atoms with Crippen molar-refractivity contribution >= 4 is 23.8 Å². The number of thioether (sulfide) groups is 1. The van der Waals surface area contributed by atoms with Crippen LogP contribution in [0.3, 0.4) is 0 Å². The minimum Gasteiger partial charge on any atom is -0.480 e. The molecule has 1 heterocycles. The van der Waals surface area contributed by atoms with Gasteiger partial charge in [0.15, 0.2) is 0 Å². The van der Waals surface area contributed by atoms with Gasteiger partial charge in [0.1, 0.15) is 6.04 Å². The maximum atomic E-state index is 12.0. The molecule has 108 valence electrons. The first-order valence-corrected chi connectivity index (χ1v) is 8.08. The third-order valence-corrected chi connectivity index (χ3v) is 5.03. The molecule has 1 aliphatic heterocycles. The van der Waals surface area contributed by atoms with E-state index in [-0.39, 0.29) is 6.03 Å². The average Bonchev–Trinajstić information content (AvgIpc) is 2.85. The molecule has 0 bridgehead atoms. The second kappa shape index (κ2) is 6.50. The third-order valence-electron chi connectivity index (χ3n) is 4.02. The molecule has 19 heavy (non-hydrogen) atoms. The standard InChI is InChI=1S/C13H22N2O3S/c1-9-3-2-4-10(5-9)6-14-13(18)15-8-19-7-11(15)12(16)17/h9-11H,2-8H2,1H3,(H,14,18)(H,16,17)/t9?,10?,11-/m0/s1. The van der Waals surface area contributed by atoms with Gasteiger partial charge in [-0.2, -0.15) is 0 Å². The number of aliphatic carboxylic acids is 1. The predicted molar refractivity (Wildman–Crippen MR) is 75.1 cm³/mol. The Labute approximate surface area is 118 Å². The second-order valence-electron chi connectivity index (χ2n) is 5.65.